The Bertz CT molecular complexity index is 447. The van der Waals surface area contributed by atoms with Crippen molar-refractivity contribution in [2.45, 2.75) is 24.9 Å². The number of carbonyl (C=O) groups excluding carboxylic acids is 1. The fraction of sp³-hybridized carbons (Fsp3) is 0.455. The van der Waals surface area contributed by atoms with Crippen LogP contribution in [0.2, 0.25) is 10.2 Å². The van der Waals surface area contributed by atoms with Crippen molar-refractivity contribution >= 4 is 29.1 Å². The number of nitrogens with one attached hydrogen (secondary N) is 1. The summed E-state index contributed by atoms with van der Waals surface area (Å²) < 4.78 is 0. The molecule has 6 heteroatoms. The quantitative estimate of drug-likeness (QED) is 0.830. The van der Waals surface area contributed by atoms with Crippen molar-refractivity contribution in [2.24, 2.45) is 0 Å². The third-order valence-corrected chi connectivity index (χ3v) is 3.40. The van der Waals surface area contributed by atoms with Crippen LogP contribution in [-0.2, 0) is 0 Å². The summed E-state index contributed by atoms with van der Waals surface area (Å²) in [6, 6.07) is 3.03. The number of amides is 1. The lowest BCUT2D eigenvalue weighted by Gasteiger charge is -2.36. The van der Waals surface area contributed by atoms with E-state index in [1.807, 2.05) is 0 Å². The molecule has 92 valence electrons. The first-order valence-electron chi connectivity index (χ1n) is 5.33. The highest BCUT2D eigenvalue weighted by molar-refractivity contribution is 6.34. The number of nitrogens with zero attached hydrogens (tertiary/aromatic N) is 1. The molecule has 1 fully saturated rings. The maximum Gasteiger partial charge on any atom is 0.271 e. The zero-order valence-corrected chi connectivity index (χ0v) is 10.6. The van der Waals surface area contributed by atoms with Crippen LogP contribution in [0.15, 0.2) is 12.1 Å². The minimum Gasteiger partial charge on any atom is -0.388 e. The molecular formula is C11H12Cl2N2O2. The number of aliphatic hydroxyl groups is 1. The molecule has 1 aliphatic rings. The van der Waals surface area contributed by atoms with E-state index in [2.05, 4.69) is 10.3 Å². The van der Waals surface area contributed by atoms with Gasteiger partial charge in [0.05, 0.1) is 10.6 Å². The third kappa shape index (κ3) is 2.89. The molecule has 4 nitrogen and oxygen atoms in total. The minimum atomic E-state index is -0.763. The molecule has 1 amide bonds. The summed E-state index contributed by atoms with van der Waals surface area (Å²) in [5.74, 6) is -0.419. The molecule has 0 bridgehead atoms. The molecule has 0 spiro atoms. The van der Waals surface area contributed by atoms with Crippen LogP contribution in [0.3, 0.4) is 0 Å². The molecule has 1 aromatic heterocycles. The summed E-state index contributed by atoms with van der Waals surface area (Å²) in [4.78, 5) is 15.6. The molecule has 1 aromatic rings. The zero-order valence-electron chi connectivity index (χ0n) is 9.04. The van der Waals surface area contributed by atoms with Gasteiger partial charge in [0.2, 0.25) is 0 Å². The number of pyridine rings is 1. The van der Waals surface area contributed by atoms with Crippen LogP contribution >= 0.6 is 23.2 Å². The predicted octanol–water partition coefficient (Wildman–Crippen LogP) is 2.03. The molecule has 0 aliphatic heterocycles. The molecule has 17 heavy (non-hydrogen) atoms. The van der Waals surface area contributed by atoms with Gasteiger partial charge in [0.1, 0.15) is 10.8 Å². The summed E-state index contributed by atoms with van der Waals surface area (Å²) in [6.45, 7) is 0.219. The monoisotopic (exact) mass is 274 g/mol. The fourth-order valence-corrected chi connectivity index (χ4v) is 2.01. The molecule has 2 rings (SSSR count). The maximum atomic E-state index is 11.8. The van der Waals surface area contributed by atoms with Crippen LogP contribution in [0.4, 0.5) is 0 Å². The van der Waals surface area contributed by atoms with Crippen molar-refractivity contribution < 1.29 is 9.90 Å². The number of hydrogen-bond donors (Lipinski definition) is 2. The van der Waals surface area contributed by atoms with Gasteiger partial charge in [-0.1, -0.05) is 23.2 Å². The van der Waals surface area contributed by atoms with E-state index in [0.29, 0.717) is 12.8 Å². The van der Waals surface area contributed by atoms with Gasteiger partial charge in [0.15, 0.2) is 0 Å². The normalized spacial score (nSPS) is 17.4. The van der Waals surface area contributed by atoms with Crippen molar-refractivity contribution in [3.8, 4) is 0 Å². The van der Waals surface area contributed by atoms with E-state index >= 15 is 0 Å². The van der Waals surface area contributed by atoms with E-state index in [0.717, 1.165) is 6.42 Å². The Labute approximate surface area is 109 Å². The van der Waals surface area contributed by atoms with Crippen LogP contribution in [0.5, 0.6) is 0 Å². The van der Waals surface area contributed by atoms with E-state index < -0.39 is 11.5 Å². The van der Waals surface area contributed by atoms with Gasteiger partial charge in [-0.05, 0) is 31.4 Å². The van der Waals surface area contributed by atoms with Crippen LogP contribution in [-0.4, -0.2) is 28.1 Å². The molecule has 1 saturated carbocycles. The Morgan fingerprint density at radius 1 is 1.47 bits per heavy atom. The standard InChI is InChI=1S/C11H12Cl2N2O2/c12-7-2-3-8(13)15-9(7)10(16)14-6-11(17)4-1-5-11/h2-3,17H,1,4-6H2,(H,14,16). The molecule has 0 atom stereocenters. The van der Waals surface area contributed by atoms with Crippen molar-refractivity contribution in [3.05, 3.63) is 28.0 Å². The van der Waals surface area contributed by atoms with Crippen LogP contribution in [0, 0.1) is 0 Å². The SMILES string of the molecule is O=C(NCC1(O)CCC1)c1nc(Cl)ccc1Cl. The van der Waals surface area contributed by atoms with Crippen molar-refractivity contribution in [2.75, 3.05) is 6.54 Å². The molecule has 0 radical (unpaired) electrons. The summed E-state index contributed by atoms with van der Waals surface area (Å²) in [5, 5.41) is 12.9. The second-order valence-electron chi connectivity index (χ2n) is 4.22. The average molecular weight is 275 g/mol. The highest BCUT2D eigenvalue weighted by Crippen LogP contribution is 2.30. The van der Waals surface area contributed by atoms with Gasteiger partial charge in [-0.2, -0.15) is 0 Å². The van der Waals surface area contributed by atoms with Crippen LogP contribution in [0.25, 0.3) is 0 Å². The first-order chi connectivity index (χ1) is 8.00. The van der Waals surface area contributed by atoms with Gasteiger partial charge < -0.3 is 10.4 Å². The molecule has 0 unspecified atom stereocenters. The van der Waals surface area contributed by atoms with Gasteiger partial charge in [-0.15, -0.1) is 0 Å². The van der Waals surface area contributed by atoms with Crippen molar-refractivity contribution in [1.29, 1.82) is 0 Å². The lowest BCUT2D eigenvalue weighted by molar-refractivity contribution is -0.0300. The Balaban J connectivity index is 2.01. The van der Waals surface area contributed by atoms with Crippen LogP contribution in [0.1, 0.15) is 29.8 Å². The maximum absolute atomic E-state index is 11.8. The van der Waals surface area contributed by atoms with E-state index in [4.69, 9.17) is 23.2 Å². The average Bonchev–Trinajstić information content (AvgIpc) is 2.26. The van der Waals surface area contributed by atoms with Gasteiger partial charge >= 0.3 is 0 Å². The summed E-state index contributed by atoms with van der Waals surface area (Å²) in [7, 11) is 0. The predicted molar refractivity (Wildman–Crippen MR) is 65.4 cm³/mol. The molecule has 2 N–H and O–H groups in total. The van der Waals surface area contributed by atoms with Gasteiger partial charge in [-0.3, -0.25) is 4.79 Å². The number of rotatable bonds is 3. The highest BCUT2D eigenvalue weighted by atomic mass is 35.5. The molecule has 1 aliphatic carbocycles. The number of hydrogen-bond acceptors (Lipinski definition) is 3. The smallest absolute Gasteiger partial charge is 0.271 e. The van der Waals surface area contributed by atoms with Gasteiger partial charge in [0, 0.05) is 6.54 Å². The minimum absolute atomic E-state index is 0.0853. The lowest BCUT2D eigenvalue weighted by Crippen LogP contribution is -2.47. The van der Waals surface area contributed by atoms with E-state index in [1.54, 1.807) is 0 Å². The number of carbonyl (C=O) groups is 1. The Morgan fingerprint density at radius 3 is 2.76 bits per heavy atom. The number of aromatic nitrogens is 1. The van der Waals surface area contributed by atoms with E-state index in [9.17, 15) is 9.90 Å². The molecule has 0 saturated heterocycles. The Kier molecular flexibility index (Phi) is 3.56. The summed E-state index contributed by atoms with van der Waals surface area (Å²) in [5.41, 5.74) is -0.678. The molecule has 0 aromatic carbocycles. The summed E-state index contributed by atoms with van der Waals surface area (Å²) >= 11 is 11.5. The lowest BCUT2D eigenvalue weighted by atomic mass is 9.80. The first-order valence-corrected chi connectivity index (χ1v) is 6.08. The van der Waals surface area contributed by atoms with E-state index in [-0.39, 0.29) is 22.4 Å². The zero-order chi connectivity index (χ0) is 12.5. The van der Waals surface area contributed by atoms with Gasteiger partial charge in [0.25, 0.3) is 5.91 Å². The Hall–Kier alpha value is -0.840. The third-order valence-electron chi connectivity index (χ3n) is 2.89. The summed E-state index contributed by atoms with van der Waals surface area (Å²) in [6.07, 6.45) is 2.41. The largest absolute Gasteiger partial charge is 0.388 e. The Morgan fingerprint density at radius 2 is 2.18 bits per heavy atom. The second-order valence-corrected chi connectivity index (χ2v) is 5.02. The van der Waals surface area contributed by atoms with Gasteiger partial charge in [-0.25, -0.2) is 4.98 Å². The fourth-order valence-electron chi connectivity index (χ4n) is 1.67. The first kappa shape index (κ1) is 12.6. The molecule has 1 heterocycles. The van der Waals surface area contributed by atoms with Crippen molar-refractivity contribution in [3.63, 3.8) is 0 Å². The van der Waals surface area contributed by atoms with Crippen molar-refractivity contribution in [1.82, 2.24) is 10.3 Å². The molecular weight excluding hydrogens is 263 g/mol. The van der Waals surface area contributed by atoms with E-state index in [1.165, 1.54) is 12.1 Å². The topological polar surface area (TPSA) is 62.2 Å². The highest BCUT2D eigenvalue weighted by Gasteiger charge is 2.34. The van der Waals surface area contributed by atoms with Crippen LogP contribution < -0.4 is 5.32 Å². The second kappa shape index (κ2) is 4.80. The number of halogens is 2.